The molecule has 0 saturated carbocycles. The van der Waals surface area contributed by atoms with Crippen molar-refractivity contribution in [2.75, 3.05) is 6.26 Å². The average Bonchev–Trinajstić information content (AvgIpc) is 3.02. The van der Waals surface area contributed by atoms with Crippen molar-refractivity contribution in [2.24, 2.45) is 5.92 Å². The molecule has 0 radical (unpaired) electrons. The van der Waals surface area contributed by atoms with Gasteiger partial charge in [0.15, 0.2) is 0 Å². The van der Waals surface area contributed by atoms with Crippen molar-refractivity contribution >= 4 is 15.7 Å². The van der Waals surface area contributed by atoms with Crippen LogP contribution in [0.1, 0.15) is 42.6 Å². The Hall–Kier alpha value is -2.29. The maximum atomic E-state index is 13.0. The molecule has 0 unspecified atom stereocenters. The first-order valence-corrected chi connectivity index (χ1v) is 9.21. The molecule has 1 amide bonds. The number of amides is 1. The molecular weight excluding hydrogens is 337 g/mol. The van der Waals surface area contributed by atoms with Crippen LogP contribution in [0.5, 0.6) is 0 Å². The summed E-state index contributed by atoms with van der Waals surface area (Å²) in [7, 11) is -3.63. The predicted octanol–water partition coefficient (Wildman–Crippen LogP) is 2.13. The highest BCUT2D eigenvalue weighted by Gasteiger charge is 2.28. The second kappa shape index (κ2) is 7.08. The van der Waals surface area contributed by atoms with Gasteiger partial charge >= 0.3 is 5.22 Å². The Bertz CT molecular complexity index is 817. The maximum Gasteiger partial charge on any atom is 0.335 e. The molecule has 0 aliphatic rings. The molecule has 1 heterocycles. The van der Waals surface area contributed by atoms with Gasteiger partial charge in [0.2, 0.25) is 15.7 Å². The summed E-state index contributed by atoms with van der Waals surface area (Å²) in [5, 5.41) is 9.49. The Morgan fingerprint density at radius 1 is 1.29 bits per heavy atom. The fourth-order valence-corrected chi connectivity index (χ4v) is 2.43. The van der Waals surface area contributed by atoms with Crippen LogP contribution in [0.4, 0.5) is 4.39 Å². The fourth-order valence-electron chi connectivity index (χ4n) is 2.00. The van der Waals surface area contributed by atoms with E-state index in [2.05, 4.69) is 15.5 Å². The number of carbonyl (C=O) groups is 1. The normalized spacial score (nSPS) is 14.2. The molecule has 0 bridgehead atoms. The van der Waals surface area contributed by atoms with Gasteiger partial charge in [-0.05, 0) is 30.2 Å². The number of aromatic nitrogens is 2. The second-order valence-electron chi connectivity index (χ2n) is 5.52. The first kappa shape index (κ1) is 18.1. The zero-order chi connectivity index (χ0) is 17.9. The van der Waals surface area contributed by atoms with Gasteiger partial charge in [-0.2, -0.15) is 0 Å². The van der Waals surface area contributed by atoms with Gasteiger partial charge < -0.3 is 9.73 Å². The molecule has 130 valence electrons. The summed E-state index contributed by atoms with van der Waals surface area (Å²) < 4.78 is 41.1. The summed E-state index contributed by atoms with van der Waals surface area (Å²) in [6, 6.07) is 4.42. The number of sulfone groups is 1. The predicted molar refractivity (Wildman–Crippen MR) is 83.5 cm³/mol. The molecule has 0 saturated heterocycles. The number of rotatable bonds is 6. The lowest BCUT2D eigenvalue weighted by molar-refractivity contribution is 0.0911. The average molecular weight is 355 g/mol. The Morgan fingerprint density at radius 2 is 1.92 bits per heavy atom. The molecule has 9 heteroatoms. The van der Waals surface area contributed by atoms with Crippen molar-refractivity contribution in [3.05, 3.63) is 41.5 Å². The van der Waals surface area contributed by atoms with E-state index in [4.69, 9.17) is 4.42 Å². The number of hydrogen-bond acceptors (Lipinski definition) is 6. The van der Waals surface area contributed by atoms with E-state index in [0.29, 0.717) is 6.42 Å². The van der Waals surface area contributed by atoms with E-state index in [1.165, 1.54) is 24.3 Å². The molecule has 1 aromatic carbocycles. The summed E-state index contributed by atoms with van der Waals surface area (Å²) >= 11 is 0. The van der Waals surface area contributed by atoms with E-state index in [-0.39, 0.29) is 17.4 Å². The summed E-state index contributed by atoms with van der Waals surface area (Å²) in [4.78, 5) is 12.3. The van der Waals surface area contributed by atoms with E-state index in [0.717, 1.165) is 6.26 Å². The largest absolute Gasteiger partial charge is 0.410 e. The molecule has 2 rings (SSSR count). The minimum Gasteiger partial charge on any atom is -0.410 e. The molecule has 1 aromatic heterocycles. The van der Waals surface area contributed by atoms with E-state index in [1.54, 1.807) is 0 Å². The van der Waals surface area contributed by atoms with Gasteiger partial charge in [-0.15, -0.1) is 5.10 Å². The van der Waals surface area contributed by atoms with Crippen molar-refractivity contribution in [3.63, 3.8) is 0 Å². The van der Waals surface area contributed by atoms with Gasteiger partial charge in [-0.1, -0.05) is 25.4 Å². The van der Waals surface area contributed by atoms with Crippen LogP contribution in [0.25, 0.3) is 0 Å². The lowest BCUT2D eigenvalue weighted by atomic mass is 9.98. The Kier molecular flexibility index (Phi) is 5.33. The maximum absolute atomic E-state index is 13.0. The highest BCUT2D eigenvalue weighted by molar-refractivity contribution is 7.90. The van der Waals surface area contributed by atoms with E-state index in [9.17, 15) is 17.6 Å². The van der Waals surface area contributed by atoms with Crippen molar-refractivity contribution in [1.29, 1.82) is 0 Å². The monoisotopic (exact) mass is 355 g/mol. The van der Waals surface area contributed by atoms with Crippen LogP contribution in [0.2, 0.25) is 0 Å². The van der Waals surface area contributed by atoms with Crippen LogP contribution in [0.15, 0.2) is 33.9 Å². The highest BCUT2D eigenvalue weighted by Crippen LogP contribution is 2.25. The minimum absolute atomic E-state index is 0.0141. The molecule has 0 fully saturated rings. The van der Waals surface area contributed by atoms with Crippen molar-refractivity contribution in [3.8, 4) is 0 Å². The van der Waals surface area contributed by atoms with Gasteiger partial charge in [-0.25, -0.2) is 12.8 Å². The Labute approximate surface area is 139 Å². The van der Waals surface area contributed by atoms with E-state index < -0.39 is 32.8 Å². The number of nitrogens with zero attached hydrogens (tertiary/aromatic N) is 2. The number of nitrogens with one attached hydrogen (secondary N) is 1. The fraction of sp³-hybridized carbons (Fsp3) is 0.400. The van der Waals surface area contributed by atoms with Crippen LogP contribution in [-0.4, -0.2) is 30.8 Å². The highest BCUT2D eigenvalue weighted by atomic mass is 32.2. The zero-order valence-corrected chi connectivity index (χ0v) is 14.3. The van der Waals surface area contributed by atoms with Crippen molar-refractivity contribution in [2.45, 2.75) is 31.5 Å². The first-order chi connectivity index (χ1) is 11.2. The minimum atomic E-state index is -3.63. The molecule has 1 N–H and O–H groups in total. The quantitative estimate of drug-likeness (QED) is 0.851. The standard InChI is InChI=1S/C15H18FN3O4S/c1-4-9(2)12(14-18-19-15(23-14)24(3,21)22)17-13(20)10-5-7-11(16)8-6-10/h5-9,12H,4H2,1-3H3,(H,17,20)/t9-,12+/m1/s1. The molecule has 2 aromatic rings. The zero-order valence-electron chi connectivity index (χ0n) is 13.5. The molecule has 7 nitrogen and oxygen atoms in total. The van der Waals surface area contributed by atoms with Crippen LogP contribution < -0.4 is 5.32 Å². The molecule has 24 heavy (non-hydrogen) atoms. The third-order valence-electron chi connectivity index (χ3n) is 3.61. The molecule has 0 aliphatic heterocycles. The summed E-state index contributed by atoms with van der Waals surface area (Å²) in [5.74, 6) is -0.957. The van der Waals surface area contributed by atoms with Gasteiger partial charge in [0.1, 0.15) is 11.9 Å². The number of benzene rings is 1. The van der Waals surface area contributed by atoms with Crippen molar-refractivity contribution in [1.82, 2.24) is 15.5 Å². The first-order valence-electron chi connectivity index (χ1n) is 7.32. The van der Waals surface area contributed by atoms with Crippen LogP contribution in [0.3, 0.4) is 0 Å². The molecule has 0 aliphatic carbocycles. The SMILES string of the molecule is CC[C@@H](C)[C@H](NC(=O)c1ccc(F)cc1)c1nnc(S(C)(=O)=O)o1. The van der Waals surface area contributed by atoms with Gasteiger partial charge in [0.05, 0.1) is 0 Å². The smallest absolute Gasteiger partial charge is 0.335 e. The Balaban J connectivity index is 2.27. The molecule has 0 spiro atoms. The van der Waals surface area contributed by atoms with Crippen molar-refractivity contribution < 1.29 is 22.0 Å². The summed E-state index contributed by atoms with van der Waals surface area (Å²) in [6.45, 7) is 3.77. The van der Waals surface area contributed by atoms with Gasteiger partial charge in [-0.3, -0.25) is 4.79 Å². The lowest BCUT2D eigenvalue weighted by Gasteiger charge is -2.20. The second-order valence-corrected chi connectivity index (χ2v) is 7.42. The molecule has 2 atom stereocenters. The van der Waals surface area contributed by atoms with E-state index >= 15 is 0 Å². The van der Waals surface area contributed by atoms with Crippen LogP contribution in [0, 0.1) is 11.7 Å². The van der Waals surface area contributed by atoms with Crippen LogP contribution in [-0.2, 0) is 9.84 Å². The lowest BCUT2D eigenvalue weighted by Crippen LogP contribution is -2.32. The van der Waals surface area contributed by atoms with Gasteiger partial charge in [0.25, 0.3) is 5.91 Å². The van der Waals surface area contributed by atoms with E-state index in [1.807, 2.05) is 13.8 Å². The number of hydrogen-bond donors (Lipinski definition) is 1. The third-order valence-corrected chi connectivity index (χ3v) is 4.41. The molecular formula is C15H18FN3O4S. The number of carbonyl (C=O) groups excluding carboxylic acids is 1. The topological polar surface area (TPSA) is 102 Å². The summed E-state index contributed by atoms with van der Waals surface area (Å²) in [6.07, 6.45) is 1.64. The number of halogens is 1. The van der Waals surface area contributed by atoms with Gasteiger partial charge in [0, 0.05) is 11.8 Å². The Morgan fingerprint density at radius 3 is 2.42 bits per heavy atom. The third kappa shape index (κ3) is 4.16. The summed E-state index contributed by atoms with van der Waals surface area (Å²) in [5.41, 5.74) is 0.271. The van der Waals surface area contributed by atoms with Crippen LogP contribution >= 0.6 is 0 Å².